The van der Waals surface area contributed by atoms with Crippen LogP contribution in [0.4, 0.5) is 10.7 Å². The van der Waals surface area contributed by atoms with E-state index >= 15 is 0 Å². The van der Waals surface area contributed by atoms with Crippen molar-refractivity contribution in [3.05, 3.63) is 54.1 Å². The number of aromatic carboxylic acids is 1. The van der Waals surface area contributed by atoms with E-state index in [1.54, 1.807) is 23.5 Å². The Morgan fingerprint density at radius 2 is 1.88 bits per heavy atom. The fraction of sp³-hybridized carbons (Fsp3) is 0.118. The second-order valence-electron chi connectivity index (χ2n) is 4.75. The maximum absolute atomic E-state index is 11.0. The molecule has 5 nitrogen and oxygen atoms in total. The molecule has 0 spiro atoms. The molecule has 3 aromatic rings. The third-order valence-corrected chi connectivity index (χ3v) is 5.22. The predicted octanol–water partition coefficient (Wildman–Crippen LogP) is 5.99. The van der Waals surface area contributed by atoms with Crippen molar-refractivity contribution in [2.45, 2.75) is 6.92 Å². The molecule has 0 aliphatic heterocycles. The summed E-state index contributed by atoms with van der Waals surface area (Å²) in [5.74, 6) is -0.978. The number of azo groups is 1. The van der Waals surface area contributed by atoms with Gasteiger partial charge in [0, 0.05) is 9.75 Å². The zero-order chi connectivity index (χ0) is 16.9. The topological polar surface area (TPSA) is 71.2 Å². The van der Waals surface area contributed by atoms with Gasteiger partial charge in [0.1, 0.15) is 5.00 Å². The first-order valence-electron chi connectivity index (χ1n) is 7.23. The third kappa shape index (κ3) is 3.87. The molecule has 24 heavy (non-hydrogen) atoms. The minimum Gasteiger partial charge on any atom is -0.484 e. The molecule has 7 heteroatoms. The van der Waals surface area contributed by atoms with Crippen molar-refractivity contribution in [2.75, 3.05) is 6.61 Å². The Balaban J connectivity index is 1.75. The SMILES string of the molecule is CCOc1ccc(-c2ccc(N=Nc3cccc(C(=O)O)c3)s2)s1. The summed E-state index contributed by atoms with van der Waals surface area (Å²) >= 11 is 3.12. The van der Waals surface area contributed by atoms with E-state index in [9.17, 15) is 4.79 Å². The van der Waals surface area contributed by atoms with Gasteiger partial charge in [0.2, 0.25) is 0 Å². The average molecular weight is 358 g/mol. The van der Waals surface area contributed by atoms with E-state index in [-0.39, 0.29) is 5.56 Å². The quantitative estimate of drug-likeness (QED) is 0.550. The van der Waals surface area contributed by atoms with Crippen LogP contribution in [0.2, 0.25) is 0 Å². The van der Waals surface area contributed by atoms with Crippen LogP contribution < -0.4 is 4.74 Å². The van der Waals surface area contributed by atoms with Crippen LogP contribution in [0.15, 0.2) is 58.8 Å². The lowest BCUT2D eigenvalue weighted by Gasteiger charge is -1.95. The summed E-state index contributed by atoms with van der Waals surface area (Å²) in [5, 5.41) is 18.9. The van der Waals surface area contributed by atoms with E-state index in [1.807, 2.05) is 31.2 Å². The molecule has 0 unspecified atom stereocenters. The minimum absolute atomic E-state index is 0.195. The molecule has 2 aromatic heterocycles. The Bertz CT molecular complexity index is 883. The Labute approximate surface area is 146 Å². The maximum atomic E-state index is 11.0. The van der Waals surface area contributed by atoms with Crippen LogP contribution >= 0.6 is 22.7 Å². The van der Waals surface area contributed by atoms with Gasteiger partial charge in [0.25, 0.3) is 0 Å². The Hall–Kier alpha value is -2.51. The van der Waals surface area contributed by atoms with E-state index in [0.29, 0.717) is 12.3 Å². The van der Waals surface area contributed by atoms with Crippen LogP contribution in [-0.2, 0) is 0 Å². The van der Waals surface area contributed by atoms with Gasteiger partial charge in [-0.25, -0.2) is 4.79 Å². The minimum atomic E-state index is -0.978. The van der Waals surface area contributed by atoms with Gasteiger partial charge in [-0.15, -0.1) is 21.6 Å². The smallest absolute Gasteiger partial charge is 0.335 e. The summed E-state index contributed by atoms with van der Waals surface area (Å²) in [6.45, 7) is 2.61. The second-order valence-corrected chi connectivity index (χ2v) is 6.85. The molecule has 0 aliphatic carbocycles. The number of carboxylic acid groups (broad SMARTS) is 1. The van der Waals surface area contributed by atoms with Gasteiger partial charge in [-0.2, -0.15) is 0 Å². The number of thiophene rings is 2. The van der Waals surface area contributed by atoms with Gasteiger partial charge in [-0.1, -0.05) is 17.4 Å². The van der Waals surface area contributed by atoms with Gasteiger partial charge in [-0.3, -0.25) is 0 Å². The van der Waals surface area contributed by atoms with Crippen molar-refractivity contribution in [1.82, 2.24) is 0 Å². The Morgan fingerprint density at radius 3 is 2.67 bits per heavy atom. The molecule has 0 radical (unpaired) electrons. The molecular weight excluding hydrogens is 344 g/mol. The summed E-state index contributed by atoms with van der Waals surface area (Å²) in [4.78, 5) is 13.2. The van der Waals surface area contributed by atoms with Gasteiger partial charge < -0.3 is 9.84 Å². The van der Waals surface area contributed by atoms with Crippen LogP contribution in [0, 0.1) is 0 Å². The third-order valence-electron chi connectivity index (χ3n) is 3.06. The van der Waals surface area contributed by atoms with E-state index in [1.165, 1.54) is 23.5 Å². The molecular formula is C17H14N2O3S2. The monoisotopic (exact) mass is 358 g/mol. The lowest BCUT2D eigenvalue weighted by molar-refractivity contribution is 0.0697. The van der Waals surface area contributed by atoms with E-state index in [4.69, 9.17) is 9.84 Å². The lowest BCUT2D eigenvalue weighted by atomic mass is 10.2. The van der Waals surface area contributed by atoms with E-state index in [0.717, 1.165) is 19.8 Å². The number of carboxylic acids is 1. The number of ether oxygens (including phenoxy) is 1. The molecule has 0 amide bonds. The number of nitrogens with zero attached hydrogens (tertiary/aromatic N) is 2. The average Bonchev–Trinajstić information content (AvgIpc) is 3.22. The van der Waals surface area contributed by atoms with E-state index in [2.05, 4.69) is 10.2 Å². The molecule has 0 atom stereocenters. The molecule has 2 heterocycles. The van der Waals surface area contributed by atoms with Gasteiger partial charge in [0.05, 0.1) is 17.9 Å². The summed E-state index contributed by atoms with van der Waals surface area (Å²) in [6.07, 6.45) is 0. The normalized spacial score (nSPS) is 11.0. The van der Waals surface area contributed by atoms with Crippen LogP contribution in [0.5, 0.6) is 5.06 Å². The fourth-order valence-corrected chi connectivity index (χ4v) is 3.83. The van der Waals surface area contributed by atoms with Crippen molar-refractivity contribution in [2.24, 2.45) is 10.2 Å². The summed E-state index contributed by atoms with van der Waals surface area (Å²) in [6, 6.07) is 14.3. The zero-order valence-electron chi connectivity index (χ0n) is 12.8. The molecule has 0 saturated carbocycles. The predicted molar refractivity (Wildman–Crippen MR) is 96.4 cm³/mol. The molecule has 1 N–H and O–H groups in total. The summed E-state index contributed by atoms with van der Waals surface area (Å²) in [5.41, 5.74) is 0.708. The molecule has 0 bridgehead atoms. The Morgan fingerprint density at radius 1 is 1.08 bits per heavy atom. The maximum Gasteiger partial charge on any atom is 0.335 e. The number of hydrogen-bond acceptors (Lipinski definition) is 6. The first-order valence-corrected chi connectivity index (χ1v) is 8.87. The van der Waals surface area contributed by atoms with Crippen molar-refractivity contribution in [1.29, 1.82) is 0 Å². The lowest BCUT2D eigenvalue weighted by Crippen LogP contribution is -1.94. The van der Waals surface area contributed by atoms with Crippen LogP contribution in [-0.4, -0.2) is 17.7 Å². The summed E-state index contributed by atoms with van der Waals surface area (Å²) in [7, 11) is 0. The van der Waals surface area contributed by atoms with Crippen molar-refractivity contribution >= 4 is 39.3 Å². The molecule has 3 rings (SSSR count). The highest BCUT2D eigenvalue weighted by Crippen LogP contribution is 2.39. The molecule has 0 fully saturated rings. The first-order chi connectivity index (χ1) is 11.7. The van der Waals surface area contributed by atoms with Crippen LogP contribution in [0.25, 0.3) is 9.75 Å². The number of hydrogen-bond donors (Lipinski definition) is 1. The van der Waals surface area contributed by atoms with Gasteiger partial charge in [0.15, 0.2) is 5.06 Å². The molecule has 1 aromatic carbocycles. The molecule has 0 saturated heterocycles. The van der Waals surface area contributed by atoms with Gasteiger partial charge in [-0.05, 0) is 49.4 Å². The van der Waals surface area contributed by atoms with Crippen LogP contribution in [0.1, 0.15) is 17.3 Å². The number of rotatable bonds is 6. The van der Waals surface area contributed by atoms with Crippen molar-refractivity contribution in [3.63, 3.8) is 0 Å². The van der Waals surface area contributed by atoms with Crippen molar-refractivity contribution < 1.29 is 14.6 Å². The number of benzene rings is 1. The van der Waals surface area contributed by atoms with Crippen LogP contribution in [0.3, 0.4) is 0 Å². The fourth-order valence-electron chi connectivity index (χ4n) is 1.99. The highest BCUT2D eigenvalue weighted by atomic mass is 32.1. The van der Waals surface area contributed by atoms with E-state index < -0.39 is 5.97 Å². The Kier molecular flexibility index (Phi) is 5.02. The highest BCUT2D eigenvalue weighted by Gasteiger charge is 2.07. The summed E-state index contributed by atoms with van der Waals surface area (Å²) < 4.78 is 5.48. The highest BCUT2D eigenvalue weighted by molar-refractivity contribution is 7.24. The molecule has 0 aliphatic rings. The molecule has 122 valence electrons. The van der Waals surface area contributed by atoms with Crippen molar-refractivity contribution in [3.8, 4) is 14.8 Å². The number of carbonyl (C=O) groups is 1. The zero-order valence-corrected chi connectivity index (χ0v) is 14.4. The second kappa shape index (κ2) is 7.37. The first kappa shape index (κ1) is 16.4. The standard InChI is InChI=1S/C17H14N2O3S2/c1-2-22-16-9-7-14(24-16)13-6-8-15(23-13)19-18-12-5-3-4-11(10-12)17(20)21/h3-10H,2H2,1H3,(H,20,21). The largest absolute Gasteiger partial charge is 0.484 e. The van der Waals surface area contributed by atoms with Gasteiger partial charge >= 0.3 is 5.97 Å².